The molecule has 1 atom stereocenters. The fourth-order valence-corrected chi connectivity index (χ4v) is 1.98. The van der Waals surface area contributed by atoms with Crippen LogP contribution in [0.2, 0.25) is 0 Å². The Morgan fingerprint density at radius 3 is 2.20 bits per heavy atom. The highest BCUT2D eigenvalue weighted by Gasteiger charge is 2.21. The second kappa shape index (κ2) is 9.05. The first kappa shape index (κ1) is 20.5. The van der Waals surface area contributed by atoms with E-state index in [0.717, 1.165) is 5.56 Å². The molecular formula is C18H25NO6. The fraction of sp³-hybridized carbons (Fsp3) is 0.500. The van der Waals surface area contributed by atoms with Crippen molar-refractivity contribution < 1.29 is 28.6 Å². The van der Waals surface area contributed by atoms with Gasteiger partial charge in [0.25, 0.3) is 0 Å². The molecule has 0 aliphatic carbocycles. The molecule has 0 spiro atoms. The number of carbonyl (C=O) groups excluding carboxylic acids is 3. The molecule has 0 unspecified atom stereocenters. The molecule has 1 N–H and O–H groups in total. The van der Waals surface area contributed by atoms with Crippen molar-refractivity contribution in [2.45, 2.75) is 52.7 Å². The van der Waals surface area contributed by atoms with E-state index in [2.05, 4.69) is 5.32 Å². The number of hydrogen-bond acceptors (Lipinski definition) is 6. The monoisotopic (exact) mass is 351 g/mol. The molecule has 0 aliphatic heterocycles. The van der Waals surface area contributed by atoms with Crippen molar-refractivity contribution in [2.24, 2.45) is 0 Å². The van der Waals surface area contributed by atoms with Gasteiger partial charge in [-0.2, -0.15) is 0 Å². The highest BCUT2D eigenvalue weighted by molar-refractivity contribution is 5.83. The van der Waals surface area contributed by atoms with Gasteiger partial charge in [0, 0.05) is 13.3 Å². The lowest BCUT2D eigenvalue weighted by Gasteiger charge is -2.19. The Bertz CT molecular complexity index is 603. The molecule has 1 aromatic carbocycles. The third-order valence-corrected chi connectivity index (χ3v) is 2.90. The van der Waals surface area contributed by atoms with Crippen molar-refractivity contribution in [1.82, 2.24) is 5.32 Å². The van der Waals surface area contributed by atoms with Gasteiger partial charge in [0.15, 0.2) is 0 Å². The third kappa shape index (κ3) is 8.19. The van der Waals surface area contributed by atoms with E-state index in [0.29, 0.717) is 5.75 Å². The molecule has 25 heavy (non-hydrogen) atoms. The zero-order chi connectivity index (χ0) is 19.0. The van der Waals surface area contributed by atoms with Crippen molar-refractivity contribution in [2.75, 3.05) is 6.61 Å². The maximum atomic E-state index is 11.9. The molecule has 0 fully saturated rings. The minimum Gasteiger partial charge on any atom is -0.464 e. The number of benzene rings is 1. The molecule has 7 heteroatoms. The van der Waals surface area contributed by atoms with Gasteiger partial charge in [0.2, 0.25) is 5.91 Å². The van der Waals surface area contributed by atoms with E-state index in [1.54, 1.807) is 52.0 Å². The van der Waals surface area contributed by atoms with Crippen LogP contribution in [0.1, 0.15) is 40.2 Å². The van der Waals surface area contributed by atoms with E-state index < -0.39 is 23.8 Å². The van der Waals surface area contributed by atoms with Gasteiger partial charge < -0.3 is 19.5 Å². The summed E-state index contributed by atoms with van der Waals surface area (Å²) in [5.74, 6) is -0.486. The Morgan fingerprint density at radius 1 is 1.12 bits per heavy atom. The van der Waals surface area contributed by atoms with Crippen LogP contribution in [0.15, 0.2) is 24.3 Å². The van der Waals surface area contributed by atoms with E-state index >= 15 is 0 Å². The highest BCUT2D eigenvalue weighted by Crippen LogP contribution is 2.16. The van der Waals surface area contributed by atoms with Gasteiger partial charge in [-0.25, -0.2) is 9.59 Å². The summed E-state index contributed by atoms with van der Waals surface area (Å²) in [4.78, 5) is 34.8. The van der Waals surface area contributed by atoms with E-state index in [4.69, 9.17) is 14.2 Å². The molecule has 0 aromatic heterocycles. The van der Waals surface area contributed by atoms with Crippen molar-refractivity contribution in [3.8, 4) is 5.75 Å². The zero-order valence-corrected chi connectivity index (χ0v) is 15.3. The predicted molar refractivity (Wildman–Crippen MR) is 91.2 cm³/mol. The van der Waals surface area contributed by atoms with E-state index in [-0.39, 0.29) is 18.9 Å². The first-order chi connectivity index (χ1) is 11.6. The average molecular weight is 351 g/mol. The smallest absolute Gasteiger partial charge is 0.464 e. The third-order valence-electron chi connectivity index (χ3n) is 2.90. The van der Waals surface area contributed by atoms with Crippen LogP contribution in [-0.2, 0) is 25.5 Å². The molecule has 1 aromatic rings. The largest absolute Gasteiger partial charge is 0.514 e. The summed E-state index contributed by atoms with van der Waals surface area (Å²) in [5.41, 5.74) is 0.144. The average Bonchev–Trinajstić information content (AvgIpc) is 2.46. The number of amides is 1. The van der Waals surface area contributed by atoms with E-state index in [1.807, 2.05) is 0 Å². The van der Waals surface area contributed by atoms with Crippen LogP contribution in [0.5, 0.6) is 5.75 Å². The predicted octanol–water partition coefficient (Wildman–Crippen LogP) is 2.61. The molecule has 0 aliphatic rings. The number of ether oxygens (including phenoxy) is 3. The van der Waals surface area contributed by atoms with E-state index in [1.165, 1.54) is 6.92 Å². The summed E-state index contributed by atoms with van der Waals surface area (Å²) in [6.07, 6.45) is -0.520. The molecule has 0 radical (unpaired) electrons. The van der Waals surface area contributed by atoms with Crippen LogP contribution in [0.4, 0.5) is 4.79 Å². The number of esters is 1. The molecule has 138 valence electrons. The zero-order valence-electron chi connectivity index (χ0n) is 15.3. The second-order valence-corrected chi connectivity index (χ2v) is 6.42. The van der Waals surface area contributed by atoms with Gasteiger partial charge in [-0.15, -0.1) is 0 Å². The topological polar surface area (TPSA) is 90.9 Å². The molecule has 1 amide bonds. The van der Waals surface area contributed by atoms with E-state index in [9.17, 15) is 14.4 Å². The quantitative estimate of drug-likeness (QED) is 0.626. The lowest BCUT2D eigenvalue weighted by Crippen LogP contribution is -2.42. The first-order valence-electron chi connectivity index (χ1n) is 8.04. The Kier molecular flexibility index (Phi) is 7.42. The summed E-state index contributed by atoms with van der Waals surface area (Å²) >= 11 is 0. The lowest BCUT2D eigenvalue weighted by atomic mass is 10.1. The van der Waals surface area contributed by atoms with Gasteiger partial charge >= 0.3 is 12.1 Å². The Labute approximate surface area is 147 Å². The van der Waals surface area contributed by atoms with Gasteiger partial charge in [0.05, 0.1) is 6.61 Å². The van der Waals surface area contributed by atoms with Crippen molar-refractivity contribution >= 4 is 18.0 Å². The molecule has 0 heterocycles. The summed E-state index contributed by atoms with van der Waals surface area (Å²) < 4.78 is 15.1. The lowest BCUT2D eigenvalue weighted by molar-refractivity contribution is -0.147. The Balaban J connectivity index is 2.71. The standard InChI is InChI=1S/C18H25NO6/c1-6-23-16(21)15(19-12(2)20)11-13-7-9-14(10-8-13)24-17(22)25-18(3,4)5/h7-10,15H,6,11H2,1-5H3,(H,19,20)/t15-/m0/s1. The van der Waals surface area contributed by atoms with Crippen LogP contribution in [0.25, 0.3) is 0 Å². The molecule has 0 saturated heterocycles. The van der Waals surface area contributed by atoms with Crippen LogP contribution < -0.4 is 10.1 Å². The SMILES string of the molecule is CCOC(=O)[C@H](Cc1ccc(OC(=O)OC(C)(C)C)cc1)NC(C)=O. The summed E-state index contributed by atoms with van der Waals surface area (Å²) in [6, 6.07) is 5.82. The number of rotatable bonds is 6. The van der Waals surface area contributed by atoms with Crippen LogP contribution in [0, 0.1) is 0 Å². The van der Waals surface area contributed by atoms with Crippen molar-refractivity contribution in [3.63, 3.8) is 0 Å². The maximum Gasteiger partial charge on any atom is 0.514 e. The molecule has 7 nitrogen and oxygen atoms in total. The molecule has 0 saturated carbocycles. The first-order valence-corrected chi connectivity index (χ1v) is 8.04. The summed E-state index contributed by atoms with van der Waals surface area (Å²) in [7, 11) is 0. The Hall–Kier alpha value is -2.57. The van der Waals surface area contributed by atoms with Gasteiger partial charge in [-0.1, -0.05) is 12.1 Å². The number of nitrogens with one attached hydrogen (secondary N) is 1. The maximum absolute atomic E-state index is 11.9. The van der Waals surface area contributed by atoms with Crippen LogP contribution in [0.3, 0.4) is 0 Å². The van der Waals surface area contributed by atoms with Crippen LogP contribution >= 0.6 is 0 Å². The molecular weight excluding hydrogens is 326 g/mol. The Morgan fingerprint density at radius 2 is 1.72 bits per heavy atom. The normalized spacial score (nSPS) is 12.0. The fourth-order valence-electron chi connectivity index (χ4n) is 1.98. The minimum atomic E-state index is -0.789. The highest BCUT2D eigenvalue weighted by atomic mass is 16.7. The number of carbonyl (C=O) groups is 3. The van der Waals surface area contributed by atoms with Gasteiger partial charge in [-0.3, -0.25) is 4.79 Å². The van der Waals surface area contributed by atoms with Crippen LogP contribution in [-0.4, -0.2) is 36.3 Å². The van der Waals surface area contributed by atoms with Crippen molar-refractivity contribution in [3.05, 3.63) is 29.8 Å². The van der Waals surface area contributed by atoms with Gasteiger partial charge in [0.1, 0.15) is 17.4 Å². The van der Waals surface area contributed by atoms with Crippen molar-refractivity contribution in [1.29, 1.82) is 0 Å². The minimum absolute atomic E-state index is 0.234. The summed E-state index contributed by atoms with van der Waals surface area (Å²) in [5, 5.41) is 2.57. The molecule has 1 rings (SSSR count). The second-order valence-electron chi connectivity index (χ2n) is 6.42. The molecule has 0 bridgehead atoms. The van der Waals surface area contributed by atoms with Gasteiger partial charge in [-0.05, 0) is 45.4 Å². The number of hydrogen-bond donors (Lipinski definition) is 1. The summed E-state index contributed by atoms with van der Waals surface area (Å²) in [6.45, 7) is 8.51.